The van der Waals surface area contributed by atoms with Crippen molar-refractivity contribution in [1.29, 1.82) is 0 Å². The highest BCUT2D eigenvalue weighted by atomic mass is 16.1. The van der Waals surface area contributed by atoms with E-state index in [1.807, 2.05) is 30.5 Å². The summed E-state index contributed by atoms with van der Waals surface area (Å²) in [5.74, 6) is 0.0505. The number of para-hydroxylation sites is 1. The summed E-state index contributed by atoms with van der Waals surface area (Å²) in [6.07, 6.45) is 6.85. The van der Waals surface area contributed by atoms with E-state index in [1.165, 1.54) is 38.8 Å². The van der Waals surface area contributed by atoms with Crippen LogP contribution in [0.15, 0.2) is 30.5 Å². The third kappa shape index (κ3) is 2.41. The van der Waals surface area contributed by atoms with E-state index in [1.54, 1.807) is 0 Å². The second-order valence-electron chi connectivity index (χ2n) is 6.91. The number of carbonyl (C=O) groups is 1. The second kappa shape index (κ2) is 5.43. The Hall–Kier alpha value is -1.81. The topological polar surface area (TPSA) is 48.1 Å². The number of nitrogens with one attached hydrogen (secondary N) is 2. The number of rotatable bonds is 3. The number of H-pyrrole nitrogens is 1. The van der Waals surface area contributed by atoms with Crippen molar-refractivity contribution >= 4 is 16.8 Å². The third-order valence-electron chi connectivity index (χ3n) is 5.38. The lowest BCUT2D eigenvalue weighted by molar-refractivity contribution is 0.0370. The molecule has 2 aromatic rings. The Morgan fingerprint density at radius 1 is 1.23 bits per heavy atom. The van der Waals surface area contributed by atoms with Gasteiger partial charge in [0.1, 0.15) is 0 Å². The molecule has 1 amide bonds. The zero-order valence-corrected chi connectivity index (χ0v) is 12.9. The molecule has 0 spiro atoms. The van der Waals surface area contributed by atoms with Crippen LogP contribution >= 0.6 is 0 Å². The molecule has 1 aromatic heterocycles. The average molecular weight is 297 g/mol. The fraction of sp³-hybridized carbons (Fsp3) is 0.500. The van der Waals surface area contributed by atoms with Gasteiger partial charge in [0.2, 0.25) is 0 Å². The molecule has 1 aromatic carbocycles. The summed E-state index contributed by atoms with van der Waals surface area (Å²) in [6.45, 7) is 4.43. The number of amides is 1. The molecule has 4 heteroatoms. The van der Waals surface area contributed by atoms with Gasteiger partial charge in [-0.2, -0.15) is 0 Å². The summed E-state index contributed by atoms with van der Waals surface area (Å²) in [7, 11) is 0. The second-order valence-corrected chi connectivity index (χ2v) is 6.91. The highest BCUT2D eigenvalue weighted by Crippen LogP contribution is 2.37. The quantitative estimate of drug-likeness (QED) is 0.915. The predicted molar refractivity (Wildman–Crippen MR) is 88.0 cm³/mol. The molecule has 0 unspecified atom stereocenters. The minimum Gasteiger partial charge on any atom is -0.360 e. The molecular weight excluding hydrogens is 274 g/mol. The van der Waals surface area contributed by atoms with Crippen molar-refractivity contribution in [3.05, 3.63) is 36.0 Å². The normalized spacial score (nSPS) is 27.7. The molecule has 3 heterocycles. The van der Waals surface area contributed by atoms with Crippen molar-refractivity contribution in [3.63, 3.8) is 0 Å². The number of hydrogen-bond donors (Lipinski definition) is 2. The van der Waals surface area contributed by atoms with Crippen LogP contribution in [0.4, 0.5) is 0 Å². The molecule has 4 rings (SSSR count). The van der Waals surface area contributed by atoms with Crippen LogP contribution in [-0.2, 0) is 0 Å². The van der Waals surface area contributed by atoms with Crippen LogP contribution < -0.4 is 5.32 Å². The molecule has 0 saturated carbocycles. The highest BCUT2D eigenvalue weighted by Gasteiger charge is 2.38. The molecule has 2 aliphatic heterocycles. The molecule has 116 valence electrons. The fourth-order valence-electron chi connectivity index (χ4n) is 4.24. The Morgan fingerprint density at radius 3 is 2.82 bits per heavy atom. The summed E-state index contributed by atoms with van der Waals surface area (Å²) in [6, 6.07) is 7.97. The Morgan fingerprint density at radius 2 is 2.00 bits per heavy atom. The van der Waals surface area contributed by atoms with Crippen LogP contribution in [0, 0.1) is 5.41 Å². The maximum Gasteiger partial charge on any atom is 0.253 e. The van der Waals surface area contributed by atoms with Crippen LogP contribution in [0.3, 0.4) is 0 Å². The van der Waals surface area contributed by atoms with Crippen LogP contribution in [0.2, 0.25) is 0 Å². The van der Waals surface area contributed by atoms with Gasteiger partial charge in [0.25, 0.3) is 5.91 Å². The Balaban J connectivity index is 1.48. The van der Waals surface area contributed by atoms with Crippen LogP contribution in [0.5, 0.6) is 0 Å². The molecule has 2 N–H and O–H groups in total. The number of benzene rings is 1. The molecule has 0 aliphatic carbocycles. The van der Waals surface area contributed by atoms with Crippen LogP contribution in [0.25, 0.3) is 10.9 Å². The minimum atomic E-state index is 0.0505. The van der Waals surface area contributed by atoms with Crippen molar-refractivity contribution in [1.82, 2.24) is 15.2 Å². The number of aromatic amines is 1. The van der Waals surface area contributed by atoms with E-state index in [0.717, 1.165) is 29.6 Å². The first kappa shape index (κ1) is 13.8. The number of fused-ring (bicyclic) bond motifs is 3. The average Bonchev–Trinajstić information content (AvgIpc) is 2.97. The third-order valence-corrected chi connectivity index (χ3v) is 5.38. The monoisotopic (exact) mass is 297 g/mol. The summed E-state index contributed by atoms with van der Waals surface area (Å²) in [5, 5.41) is 4.21. The van der Waals surface area contributed by atoms with Gasteiger partial charge in [0, 0.05) is 35.6 Å². The van der Waals surface area contributed by atoms with Crippen molar-refractivity contribution < 1.29 is 4.79 Å². The summed E-state index contributed by atoms with van der Waals surface area (Å²) in [5.41, 5.74) is 2.08. The Labute approximate surface area is 130 Å². The van der Waals surface area contributed by atoms with E-state index < -0.39 is 0 Å². The predicted octanol–water partition coefficient (Wildman–Crippen LogP) is 2.77. The first-order valence-corrected chi connectivity index (χ1v) is 8.33. The van der Waals surface area contributed by atoms with E-state index in [4.69, 9.17) is 0 Å². The summed E-state index contributed by atoms with van der Waals surface area (Å²) >= 11 is 0. The van der Waals surface area contributed by atoms with Crippen molar-refractivity contribution in [2.75, 3.05) is 26.2 Å². The SMILES string of the molecule is O=C(NCC12CCCN(CCC1)C2)c1c[nH]c2ccccc12. The van der Waals surface area contributed by atoms with Gasteiger partial charge >= 0.3 is 0 Å². The molecule has 0 atom stereocenters. The van der Waals surface area contributed by atoms with Gasteiger partial charge in [-0.15, -0.1) is 0 Å². The van der Waals surface area contributed by atoms with Gasteiger partial charge in [0.15, 0.2) is 0 Å². The van der Waals surface area contributed by atoms with Gasteiger partial charge in [0.05, 0.1) is 5.56 Å². The lowest BCUT2D eigenvalue weighted by Gasteiger charge is -2.47. The molecule has 2 saturated heterocycles. The number of aromatic nitrogens is 1. The van der Waals surface area contributed by atoms with Crippen molar-refractivity contribution in [2.45, 2.75) is 25.7 Å². The number of hydrogen-bond acceptors (Lipinski definition) is 2. The fourth-order valence-corrected chi connectivity index (χ4v) is 4.24. The van der Waals surface area contributed by atoms with Gasteiger partial charge < -0.3 is 15.2 Å². The van der Waals surface area contributed by atoms with Gasteiger partial charge in [-0.3, -0.25) is 4.79 Å². The molecule has 2 bridgehead atoms. The Bertz CT molecular complexity index is 680. The molecular formula is C18H23N3O. The zero-order chi connectivity index (χ0) is 15.0. The minimum absolute atomic E-state index is 0.0505. The lowest BCUT2D eigenvalue weighted by atomic mass is 9.73. The highest BCUT2D eigenvalue weighted by molar-refractivity contribution is 6.06. The number of piperidine rings is 2. The smallest absolute Gasteiger partial charge is 0.253 e. The van der Waals surface area contributed by atoms with Crippen molar-refractivity contribution in [2.24, 2.45) is 5.41 Å². The standard InChI is InChI=1S/C18H23N3O/c22-17(15-11-19-16-6-2-1-5-14(15)16)20-12-18-7-3-9-21(13-18)10-4-8-18/h1-2,5-6,11,19H,3-4,7-10,12-13H2,(H,20,22). The summed E-state index contributed by atoms with van der Waals surface area (Å²) in [4.78, 5) is 18.3. The van der Waals surface area contributed by atoms with E-state index in [9.17, 15) is 4.79 Å². The number of nitrogens with zero attached hydrogens (tertiary/aromatic N) is 1. The van der Waals surface area contributed by atoms with Crippen molar-refractivity contribution in [3.8, 4) is 0 Å². The van der Waals surface area contributed by atoms with Gasteiger partial charge in [-0.05, 0) is 44.8 Å². The zero-order valence-electron chi connectivity index (χ0n) is 12.9. The lowest BCUT2D eigenvalue weighted by Crippen LogP contribution is -2.52. The molecule has 22 heavy (non-hydrogen) atoms. The van der Waals surface area contributed by atoms with Crippen LogP contribution in [-0.4, -0.2) is 42.0 Å². The maximum absolute atomic E-state index is 12.6. The van der Waals surface area contributed by atoms with E-state index in [-0.39, 0.29) is 5.91 Å². The van der Waals surface area contributed by atoms with Gasteiger partial charge in [-0.1, -0.05) is 18.2 Å². The molecule has 4 nitrogen and oxygen atoms in total. The number of carbonyl (C=O) groups excluding carboxylic acids is 1. The Kier molecular flexibility index (Phi) is 3.41. The van der Waals surface area contributed by atoms with E-state index >= 15 is 0 Å². The molecule has 2 aliphatic rings. The maximum atomic E-state index is 12.6. The summed E-state index contributed by atoms with van der Waals surface area (Å²) < 4.78 is 0. The molecule has 0 radical (unpaired) electrons. The van der Waals surface area contributed by atoms with Gasteiger partial charge in [-0.25, -0.2) is 0 Å². The largest absolute Gasteiger partial charge is 0.360 e. The first-order valence-electron chi connectivity index (χ1n) is 8.33. The van der Waals surface area contributed by atoms with E-state index in [2.05, 4.69) is 15.2 Å². The van der Waals surface area contributed by atoms with Crippen LogP contribution in [0.1, 0.15) is 36.0 Å². The first-order chi connectivity index (χ1) is 10.8. The van der Waals surface area contributed by atoms with E-state index in [0.29, 0.717) is 5.41 Å². The molecule has 2 fully saturated rings.